The largest absolute Gasteiger partial charge is 0.370 e. The second-order valence-corrected chi connectivity index (χ2v) is 4.58. The molecule has 0 fully saturated rings. The van der Waals surface area contributed by atoms with Crippen molar-refractivity contribution in [1.82, 2.24) is 5.32 Å². The number of amides is 3. The summed E-state index contributed by atoms with van der Waals surface area (Å²) in [6, 6.07) is 6.54. The highest BCUT2D eigenvalue weighted by Crippen LogP contribution is 2.13. The van der Waals surface area contributed by atoms with Crippen molar-refractivity contribution in [2.45, 2.75) is 32.4 Å². The van der Waals surface area contributed by atoms with Crippen molar-refractivity contribution in [3.05, 3.63) is 29.8 Å². The SMILES string of the molecule is CC(CC(N)=O)NC(=O)Nc1ccc(C(C)N)cc1. The monoisotopic (exact) mass is 264 g/mol. The zero-order valence-electron chi connectivity index (χ0n) is 11.1. The fourth-order valence-electron chi connectivity index (χ4n) is 1.61. The summed E-state index contributed by atoms with van der Waals surface area (Å²) >= 11 is 0. The van der Waals surface area contributed by atoms with Gasteiger partial charge < -0.3 is 22.1 Å². The maximum Gasteiger partial charge on any atom is 0.319 e. The van der Waals surface area contributed by atoms with Gasteiger partial charge in [-0.05, 0) is 31.5 Å². The number of carbonyl (C=O) groups excluding carboxylic acids is 2. The Labute approximate surface area is 112 Å². The molecular weight excluding hydrogens is 244 g/mol. The van der Waals surface area contributed by atoms with Crippen molar-refractivity contribution in [2.75, 3.05) is 5.32 Å². The van der Waals surface area contributed by atoms with E-state index >= 15 is 0 Å². The van der Waals surface area contributed by atoms with Crippen LogP contribution in [0.1, 0.15) is 31.9 Å². The van der Waals surface area contributed by atoms with E-state index in [-0.39, 0.29) is 24.5 Å². The number of benzene rings is 1. The van der Waals surface area contributed by atoms with Crippen molar-refractivity contribution < 1.29 is 9.59 Å². The van der Waals surface area contributed by atoms with E-state index in [9.17, 15) is 9.59 Å². The summed E-state index contributed by atoms with van der Waals surface area (Å²) in [6.45, 7) is 3.60. The number of urea groups is 1. The standard InChI is InChI=1S/C13H20N4O2/c1-8(7-12(15)18)16-13(19)17-11-5-3-10(4-6-11)9(2)14/h3-6,8-9H,7,14H2,1-2H3,(H2,15,18)(H2,16,17,19). The van der Waals surface area contributed by atoms with Gasteiger partial charge in [0.1, 0.15) is 0 Å². The van der Waals surface area contributed by atoms with Gasteiger partial charge in [0.15, 0.2) is 0 Å². The number of hydrogen-bond donors (Lipinski definition) is 4. The molecule has 3 amide bonds. The van der Waals surface area contributed by atoms with E-state index in [0.29, 0.717) is 5.69 Å². The minimum Gasteiger partial charge on any atom is -0.370 e. The van der Waals surface area contributed by atoms with Crippen LogP contribution in [-0.2, 0) is 4.79 Å². The first-order valence-electron chi connectivity index (χ1n) is 6.10. The van der Waals surface area contributed by atoms with Crippen molar-refractivity contribution in [2.24, 2.45) is 11.5 Å². The fraction of sp³-hybridized carbons (Fsp3) is 0.385. The maximum absolute atomic E-state index is 11.6. The molecule has 0 aliphatic carbocycles. The lowest BCUT2D eigenvalue weighted by molar-refractivity contribution is -0.118. The number of primary amides is 1. The Morgan fingerprint density at radius 3 is 2.26 bits per heavy atom. The van der Waals surface area contributed by atoms with Gasteiger partial charge in [0.2, 0.25) is 5.91 Å². The minimum absolute atomic E-state index is 0.0431. The fourth-order valence-corrected chi connectivity index (χ4v) is 1.61. The lowest BCUT2D eigenvalue weighted by atomic mass is 10.1. The van der Waals surface area contributed by atoms with E-state index in [0.717, 1.165) is 5.56 Å². The predicted octanol–water partition coefficient (Wildman–Crippen LogP) is 1.09. The molecule has 1 rings (SSSR count). The molecule has 104 valence electrons. The first-order chi connectivity index (χ1) is 8.88. The highest BCUT2D eigenvalue weighted by atomic mass is 16.2. The van der Waals surface area contributed by atoms with Gasteiger partial charge in [0, 0.05) is 24.2 Å². The van der Waals surface area contributed by atoms with Crippen LogP contribution in [0.3, 0.4) is 0 Å². The number of nitrogens with one attached hydrogen (secondary N) is 2. The maximum atomic E-state index is 11.6. The van der Waals surface area contributed by atoms with Gasteiger partial charge in [-0.3, -0.25) is 4.79 Å². The molecule has 0 bridgehead atoms. The summed E-state index contributed by atoms with van der Waals surface area (Å²) in [6.07, 6.45) is 0.108. The second-order valence-electron chi connectivity index (χ2n) is 4.58. The average Bonchev–Trinajstić information content (AvgIpc) is 2.27. The minimum atomic E-state index is -0.450. The molecule has 0 radical (unpaired) electrons. The molecule has 19 heavy (non-hydrogen) atoms. The third kappa shape index (κ3) is 5.39. The van der Waals surface area contributed by atoms with Gasteiger partial charge in [-0.2, -0.15) is 0 Å². The van der Waals surface area contributed by atoms with Crippen molar-refractivity contribution in [3.8, 4) is 0 Å². The molecule has 6 heteroatoms. The van der Waals surface area contributed by atoms with Crippen LogP contribution < -0.4 is 22.1 Å². The summed E-state index contributed by atoms with van der Waals surface area (Å²) in [5.74, 6) is -0.450. The summed E-state index contributed by atoms with van der Waals surface area (Å²) in [5, 5.41) is 5.29. The number of rotatable bonds is 5. The van der Waals surface area contributed by atoms with Crippen LogP contribution in [0.15, 0.2) is 24.3 Å². The Morgan fingerprint density at radius 2 is 1.79 bits per heavy atom. The van der Waals surface area contributed by atoms with E-state index in [1.807, 2.05) is 19.1 Å². The van der Waals surface area contributed by atoms with E-state index in [1.165, 1.54) is 0 Å². The molecule has 0 heterocycles. The Kier molecular flexibility index (Phi) is 5.32. The Balaban J connectivity index is 2.50. The van der Waals surface area contributed by atoms with Gasteiger partial charge in [0.25, 0.3) is 0 Å². The second kappa shape index (κ2) is 6.75. The number of carbonyl (C=O) groups is 2. The Morgan fingerprint density at radius 1 is 1.21 bits per heavy atom. The molecule has 6 nitrogen and oxygen atoms in total. The molecule has 1 aromatic carbocycles. The van der Waals surface area contributed by atoms with Crippen molar-refractivity contribution >= 4 is 17.6 Å². The van der Waals surface area contributed by atoms with Crippen LogP contribution in [-0.4, -0.2) is 18.0 Å². The van der Waals surface area contributed by atoms with Gasteiger partial charge in [-0.1, -0.05) is 12.1 Å². The highest BCUT2D eigenvalue weighted by molar-refractivity contribution is 5.89. The first kappa shape index (κ1) is 15.0. The van der Waals surface area contributed by atoms with Crippen molar-refractivity contribution in [3.63, 3.8) is 0 Å². The van der Waals surface area contributed by atoms with Gasteiger partial charge in [0.05, 0.1) is 0 Å². The van der Waals surface area contributed by atoms with Crippen molar-refractivity contribution in [1.29, 1.82) is 0 Å². The lowest BCUT2D eigenvalue weighted by Crippen LogP contribution is -2.38. The molecule has 6 N–H and O–H groups in total. The van der Waals surface area contributed by atoms with Crippen LogP contribution in [0.25, 0.3) is 0 Å². The zero-order chi connectivity index (χ0) is 14.4. The summed E-state index contributed by atoms with van der Waals surface area (Å²) in [7, 11) is 0. The van der Waals surface area contributed by atoms with E-state index in [2.05, 4.69) is 10.6 Å². The molecule has 0 saturated carbocycles. The Bertz CT molecular complexity index is 442. The van der Waals surface area contributed by atoms with Gasteiger partial charge in [-0.25, -0.2) is 4.79 Å². The normalized spacial score (nSPS) is 13.4. The van der Waals surface area contributed by atoms with E-state index in [1.54, 1.807) is 19.1 Å². The lowest BCUT2D eigenvalue weighted by Gasteiger charge is -2.13. The molecular formula is C13H20N4O2. The summed E-state index contributed by atoms with van der Waals surface area (Å²) in [5.41, 5.74) is 12.4. The van der Waals surface area contributed by atoms with Gasteiger partial charge in [-0.15, -0.1) is 0 Å². The number of anilines is 1. The molecule has 1 aromatic rings. The van der Waals surface area contributed by atoms with Crippen LogP contribution in [0.4, 0.5) is 10.5 Å². The molecule has 2 unspecified atom stereocenters. The highest BCUT2D eigenvalue weighted by Gasteiger charge is 2.09. The molecule has 0 aromatic heterocycles. The molecule has 0 aliphatic heterocycles. The molecule has 0 saturated heterocycles. The van der Waals surface area contributed by atoms with E-state index in [4.69, 9.17) is 11.5 Å². The van der Waals surface area contributed by atoms with Gasteiger partial charge >= 0.3 is 6.03 Å². The van der Waals surface area contributed by atoms with Crippen LogP contribution in [0.5, 0.6) is 0 Å². The molecule has 2 atom stereocenters. The summed E-state index contributed by atoms with van der Waals surface area (Å²) in [4.78, 5) is 22.3. The van der Waals surface area contributed by atoms with Crippen LogP contribution in [0, 0.1) is 0 Å². The third-order valence-electron chi connectivity index (χ3n) is 2.58. The average molecular weight is 264 g/mol. The van der Waals surface area contributed by atoms with E-state index < -0.39 is 5.91 Å². The van der Waals surface area contributed by atoms with Crippen LogP contribution in [0.2, 0.25) is 0 Å². The quantitative estimate of drug-likeness (QED) is 0.639. The molecule has 0 aliphatic rings. The number of hydrogen-bond acceptors (Lipinski definition) is 3. The number of nitrogens with two attached hydrogens (primary N) is 2. The zero-order valence-corrected chi connectivity index (χ0v) is 11.1. The summed E-state index contributed by atoms with van der Waals surface area (Å²) < 4.78 is 0. The first-order valence-corrected chi connectivity index (χ1v) is 6.10. The molecule has 0 spiro atoms. The smallest absolute Gasteiger partial charge is 0.319 e. The predicted molar refractivity (Wildman–Crippen MR) is 74.5 cm³/mol. The van der Waals surface area contributed by atoms with Crippen LogP contribution >= 0.6 is 0 Å². The topological polar surface area (TPSA) is 110 Å². The third-order valence-corrected chi connectivity index (χ3v) is 2.58. The Hall–Kier alpha value is -2.08.